The fraction of sp³-hybridized carbons (Fsp3) is 1.00. The molecule has 2 saturated carbocycles. The molecule has 0 heterocycles. The molecule has 2 fully saturated rings. The maximum Gasteiger partial charge on any atom is 0.0695 e. The molecule has 1 atom stereocenters. The summed E-state index contributed by atoms with van der Waals surface area (Å²) in [5.74, 6) is 1.47. The second-order valence-corrected chi connectivity index (χ2v) is 6.69. The van der Waals surface area contributed by atoms with E-state index >= 15 is 0 Å². The minimum Gasteiger partial charge on any atom is -0.392 e. The van der Waals surface area contributed by atoms with Crippen molar-refractivity contribution < 1.29 is 5.11 Å². The van der Waals surface area contributed by atoms with E-state index in [2.05, 4.69) is 11.9 Å². The molecule has 0 aliphatic heterocycles. The third-order valence-corrected chi connectivity index (χ3v) is 4.99. The SMILES string of the molecule is CN(CC1CCCCC1)CC(O)C1CCCCC1. The summed E-state index contributed by atoms with van der Waals surface area (Å²) in [4.78, 5) is 2.38. The Morgan fingerprint density at radius 1 is 0.944 bits per heavy atom. The van der Waals surface area contributed by atoms with Gasteiger partial charge in [0.2, 0.25) is 0 Å². The lowest BCUT2D eigenvalue weighted by atomic mass is 9.85. The zero-order valence-electron chi connectivity index (χ0n) is 12.1. The Morgan fingerprint density at radius 3 is 2.11 bits per heavy atom. The zero-order chi connectivity index (χ0) is 12.8. The molecule has 0 spiro atoms. The van der Waals surface area contributed by atoms with Gasteiger partial charge < -0.3 is 10.0 Å². The number of likely N-dealkylation sites (N-methyl/N-ethyl adjacent to an activating group) is 1. The van der Waals surface area contributed by atoms with Gasteiger partial charge in [-0.15, -0.1) is 0 Å². The molecule has 0 aromatic rings. The topological polar surface area (TPSA) is 23.5 Å². The summed E-state index contributed by atoms with van der Waals surface area (Å²) in [7, 11) is 2.20. The standard InChI is InChI=1S/C16H31NO/c1-17(12-14-8-4-2-5-9-14)13-16(18)15-10-6-3-7-11-15/h14-16,18H,2-13H2,1H3. The van der Waals surface area contributed by atoms with Gasteiger partial charge in [-0.3, -0.25) is 0 Å². The lowest BCUT2D eigenvalue weighted by Gasteiger charge is -2.32. The quantitative estimate of drug-likeness (QED) is 0.811. The van der Waals surface area contributed by atoms with Gasteiger partial charge >= 0.3 is 0 Å². The Bertz CT molecular complexity index is 219. The molecule has 1 unspecified atom stereocenters. The van der Waals surface area contributed by atoms with Crippen molar-refractivity contribution in [2.24, 2.45) is 11.8 Å². The van der Waals surface area contributed by atoms with Crippen LogP contribution < -0.4 is 0 Å². The van der Waals surface area contributed by atoms with E-state index in [1.165, 1.54) is 70.8 Å². The predicted molar refractivity (Wildman–Crippen MR) is 76.7 cm³/mol. The fourth-order valence-corrected chi connectivity index (χ4v) is 3.87. The third kappa shape index (κ3) is 4.55. The van der Waals surface area contributed by atoms with E-state index in [4.69, 9.17) is 0 Å². The second-order valence-electron chi connectivity index (χ2n) is 6.69. The average molecular weight is 253 g/mol. The Balaban J connectivity index is 1.67. The third-order valence-electron chi connectivity index (χ3n) is 4.99. The maximum atomic E-state index is 10.3. The van der Waals surface area contributed by atoms with Gasteiger partial charge in [-0.2, -0.15) is 0 Å². The van der Waals surface area contributed by atoms with E-state index < -0.39 is 0 Å². The van der Waals surface area contributed by atoms with Crippen LogP contribution in [0.5, 0.6) is 0 Å². The highest BCUT2D eigenvalue weighted by Crippen LogP contribution is 2.28. The number of rotatable bonds is 5. The van der Waals surface area contributed by atoms with E-state index in [1.54, 1.807) is 0 Å². The van der Waals surface area contributed by atoms with Crippen molar-refractivity contribution in [3.63, 3.8) is 0 Å². The summed E-state index contributed by atoms with van der Waals surface area (Å²) in [6.45, 7) is 2.09. The minimum atomic E-state index is -0.0844. The van der Waals surface area contributed by atoms with Crippen LogP contribution in [0, 0.1) is 11.8 Å². The van der Waals surface area contributed by atoms with Crippen molar-refractivity contribution in [3.05, 3.63) is 0 Å². The van der Waals surface area contributed by atoms with Crippen molar-refractivity contribution in [1.82, 2.24) is 4.90 Å². The van der Waals surface area contributed by atoms with Crippen molar-refractivity contribution in [1.29, 1.82) is 0 Å². The lowest BCUT2D eigenvalue weighted by molar-refractivity contribution is 0.0492. The molecule has 2 nitrogen and oxygen atoms in total. The molecule has 106 valence electrons. The lowest BCUT2D eigenvalue weighted by Crippen LogP contribution is -2.37. The first-order valence-corrected chi connectivity index (χ1v) is 8.12. The second kappa shape index (κ2) is 7.49. The molecule has 0 amide bonds. The monoisotopic (exact) mass is 253 g/mol. The summed E-state index contributed by atoms with van der Waals surface area (Å²) in [5.41, 5.74) is 0. The zero-order valence-corrected chi connectivity index (χ0v) is 12.1. The normalized spacial score (nSPS) is 25.5. The fourth-order valence-electron chi connectivity index (χ4n) is 3.87. The van der Waals surface area contributed by atoms with Crippen molar-refractivity contribution in [2.45, 2.75) is 70.3 Å². The van der Waals surface area contributed by atoms with Gasteiger partial charge in [0, 0.05) is 13.1 Å². The highest BCUT2D eigenvalue weighted by atomic mass is 16.3. The summed E-state index contributed by atoms with van der Waals surface area (Å²) in [6, 6.07) is 0. The van der Waals surface area contributed by atoms with E-state index in [-0.39, 0.29) is 6.10 Å². The smallest absolute Gasteiger partial charge is 0.0695 e. The van der Waals surface area contributed by atoms with Gasteiger partial charge in [-0.1, -0.05) is 38.5 Å². The summed E-state index contributed by atoms with van der Waals surface area (Å²) >= 11 is 0. The van der Waals surface area contributed by atoms with E-state index in [0.29, 0.717) is 5.92 Å². The molecule has 1 N–H and O–H groups in total. The van der Waals surface area contributed by atoms with Crippen LogP contribution in [0.2, 0.25) is 0 Å². The van der Waals surface area contributed by atoms with Crippen LogP contribution in [0.1, 0.15) is 64.2 Å². The average Bonchev–Trinajstić information content (AvgIpc) is 2.40. The number of aliphatic hydroxyl groups is 1. The summed E-state index contributed by atoms with van der Waals surface area (Å²) in [6.07, 6.45) is 13.5. The predicted octanol–water partition coefficient (Wildman–Crippen LogP) is 3.44. The largest absolute Gasteiger partial charge is 0.392 e. The van der Waals surface area contributed by atoms with Crippen LogP contribution in [-0.4, -0.2) is 36.2 Å². The van der Waals surface area contributed by atoms with E-state index in [9.17, 15) is 5.11 Å². The van der Waals surface area contributed by atoms with Crippen LogP contribution in [0.4, 0.5) is 0 Å². The van der Waals surface area contributed by atoms with Crippen LogP contribution in [0.3, 0.4) is 0 Å². The van der Waals surface area contributed by atoms with Crippen molar-refractivity contribution >= 4 is 0 Å². The first-order valence-electron chi connectivity index (χ1n) is 8.12. The maximum absolute atomic E-state index is 10.3. The van der Waals surface area contributed by atoms with Crippen LogP contribution in [0.25, 0.3) is 0 Å². The molecule has 2 aliphatic rings. The number of nitrogens with zero attached hydrogens (tertiary/aromatic N) is 1. The minimum absolute atomic E-state index is 0.0844. The first-order chi connectivity index (χ1) is 8.75. The molecule has 18 heavy (non-hydrogen) atoms. The van der Waals surface area contributed by atoms with Gasteiger partial charge in [0.05, 0.1) is 6.10 Å². The Morgan fingerprint density at radius 2 is 1.50 bits per heavy atom. The van der Waals surface area contributed by atoms with Gasteiger partial charge in [-0.05, 0) is 44.6 Å². The highest BCUT2D eigenvalue weighted by molar-refractivity contribution is 4.77. The molecule has 0 radical (unpaired) electrons. The van der Waals surface area contributed by atoms with Crippen LogP contribution >= 0.6 is 0 Å². The molecular formula is C16H31NO. The first kappa shape index (κ1) is 14.3. The molecule has 2 aliphatic carbocycles. The number of aliphatic hydroxyl groups excluding tert-OH is 1. The van der Waals surface area contributed by atoms with E-state index in [0.717, 1.165) is 12.5 Å². The molecule has 2 heteroatoms. The molecular weight excluding hydrogens is 222 g/mol. The Hall–Kier alpha value is -0.0800. The van der Waals surface area contributed by atoms with Crippen molar-refractivity contribution in [3.8, 4) is 0 Å². The van der Waals surface area contributed by atoms with Crippen LogP contribution in [0.15, 0.2) is 0 Å². The van der Waals surface area contributed by atoms with Gasteiger partial charge in [0.1, 0.15) is 0 Å². The van der Waals surface area contributed by atoms with Crippen molar-refractivity contribution in [2.75, 3.05) is 20.1 Å². The highest BCUT2D eigenvalue weighted by Gasteiger charge is 2.23. The molecule has 2 rings (SSSR count). The Kier molecular flexibility index (Phi) is 5.97. The molecule has 0 bridgehead atoms. The molecule has 0 aromatic carbocycles. The Labute approximate surface area is 113 Å². The number of hydrogen-bond acceptors (Lipinski definition) is 2. The van der Waals surface area contributed by atoms with Gasteiger partial charge in [-0.25, -0.2) is 0 Å². The summed E-state index contributed by atoms with van der Waals surface area (Å²) < 4.78 is 0. The van der Waals surface area contributed by atoms with Gasteiger partial charge in [0.25, 0.3) is 0 Å². The molecule has 0 aromatic heterocycles. The molecule has 0 saturated heterocycles. The summed E-state index contributed by atoms with van der Waals surface area (Å²) in [5, 5.41) is 10.3. The van der Waals surface area contributed by atoms with Gasteiger partial charge in [0.15, 0.2) is 0 Å². The van der Waals surface area contributed by atoms with E-state index in [1.807, 2.05) is 0 Å². The van der Waals surface area contributed by atoms with Crippen LogP contribution in [-0.2, 0) is 0 Å². The number of hydrogen-bond donors (Lipinski definition) is 1.